The summed E-state index contributed by atoms with van der Waals surface area (Å²) in [4.78, 5) is 2.10. The van der Waals surface area contributed by atoms with Gasteiger partial charge in [0.1, 0.15) is 6.10 Å². The zero-order valence-electron chi connectivity index (χ0n) is 18.9. The number of piperidine rings is 1. The van der Waals surface area contributed by atoms with Crippen molar-refractivity contribution in [2.24, 2.45) is 5.92 Å². The van der Waals surface area contributed by atoms with Crippen LogP contribution < -0.4 is 9.47 Å². The van der Waals surface area contributed by atoms with Gasteiger partial charge in [0.05, 0.1) is 24.2 Å². The van der Waals surface area contributed by atoms with Crippen LogP contribution in [0.25, 0.3) is 0 Å². The summed E-state index contributed by atoms with van der Waals surface area (Å²) in [6, 6.07) is 3.62. The third kappa shape index (κ3) is 1.68. The largest absolute Gasteiger partial charge is 0.493 e. The van der Waals surface area contributed by atoms with E-state index in [1.54, 1.807) is 7.11 Å². The molecule has 5 atom stereocenters. The van der Waals surface area contributed by atoms with Gasteiger partial charge < -0.3 is 19.7 Å². The van der Waals surface area contributed by atoms with Crippen LogP contribution in [0.3, 0.4) is 0 Å². The number of nitrogens with zero attached hydrogens (tertiary/aromatic N) is 1. The summed E-state index contributed by atoms with van der Waals surface area (Å²) in [7, 11) is 1.59. The van der Waals surface area contributed by atoms with Gasteiger partial charge in [0.2, 0.25) is 0 Å². The molecule has 0 aromatic heterocycles. The zero-order chi connectivity index (χ0) is 21.3. The number of likely N-dealkylation sites (tertiary alicyclic amines) is 1. The quantitative estimate of drug-likeness (QED) is 0.857. The topological polar surface area (TPSA) is 62.2 Å². The van der Waals surface area contributed by atoms with Gasteiger partial charge in [-0.15, -0.1) is 0 Å². The third-order valence-electron chi connectivity index (χ3n) is 7.51. The molecule has 26 heavy (non-hydrogen) atoms. The molecule has 3 fully saturated rings. The van der Waals surface area contributed by atoms with E-state index in [0.29, 0.717) is 43.7 Å². The number of hydrogen-bond donors (Lipinski definition) is 2. The van der Waals surface area contributed by atoms with E-state index >= 15 is 0 Å². The Bertz CT molecular complexity index is 928. The van der Waals surface area contributed by atoms with Gasteiger partial charge >= 0.3 is 0 Å². The van der Waals surface area contributed by atoms with E-state index in [2.05, 4.69) is 4.90 Å². The molecule has 2 N–H and O–H groups in total. The first-order valence-corrected chi connectivity index (χ1v) is 9.61. The molecule has 1 aromatic carbocycles. The minimum atomic E-state index is -1.83. The van der Waals surface area contributed by atoms with E-state index in [0.717, 1.165) is 11.1 Å². The number of benzene rings is 1. The molecule has 1 spiro atoms. The van der Waals surface area contributed by atoms with E-state index in [1.807, 2.05) is 12.1 Å². The predicted molar refractivity (Wildman–Crippen MR) is 95.7 cm³/mol. The Morgan fingerprint density at radius 1 is 1.38 bits per heavy atom. The molecule has 2 bridgehead atoms. The van der Waals surface area contributed by atoms with Crippen LogP contribution >= 0.6 is 0 Å². The van der Waals surface area contributed by atoms with Gasteiger partial charge in [-0.05, 0) is 62.5 Å². The number of aliphatic hydroxyl groups excluding tert-OH is 1. The van der Waals surface area contributed by atoms with Gasteiger partial charge in [0, 0.05) is 23.6 Å². The Balaban J connectivity index is 1.46. The Labute approximate surface area is 159 Å². The maximum absolute atomic E-state index is 12.2. The molecule has 5 heteroatoms. The Kier molecular flexibility index (Phi) is 2.32. The van der Waals surface area contributed by atoms with E-state index in [4.69, 9.17) is 15.0 Å². The minimum Gasteiger partial charge on any atom is -0.493 e. The van der Waals surface area contributed by atoms with Crippen molar-refractivity contribution in [1.82, 2.24) is 4.90 Å². The van der Waals surface area contributed by atoms with Crippen molar-refractivity contribution in [3.05, 3.63) is 23.3 Å². The van der Waals surface area contributed by atoms with Crippen molar-refractivity contribution >= 4 is 0 Å². The van der Waals surface area contributed by atoms with Crippen molar-refractivity contribution in [2.75, 3.05) is 20.2 Å². The Morgan fingerprint density at radius 2 is 2.23 bits per heavy atom. The second kappa shape index (κ2) is 4.94. The van der Waals surface area contributed by atoms with E-state index in [9.17, 15) is 10.2 Å². The fraction of sp³-hybridized carbons (Fsp3) is 0.714. The first-order chi connectivity index (χ1) is 14.1. The van der Waals surface area contributed by atoms with Crippen LogP contribution in [-0.2, 0) is 11.8 Å². The predicted octanol–water partition coefficient (Wildman–Crippen LogP) is 1.62. The van der Waals surface area contributed by atoms with E-state index in [1.165, 1.54) is 0 Å². The van der Waals surface area contributed by atoms with Crippen LogP contribution in [0.4, 0.5) is 0 Å². The van der Waals surface area contributed by atoms with Gasteiger partial charge in [-0.2, -0.15) is 0 Å². The average Bonchev–Trinajstić information content (AvgIpc) is 2.96. The molecule has 5 aliphatic rings. The van der Waals surface area contributed by atoms with Crippen LogP contribution in [0.2, 0.25) is 0 Å². The lowest BCUT2D eigenvalue weighted by molar-refractivity contribution is -0.208. The fourth-order valence-electron chi connectivity index (χ4n) is 6.36. The first-order valence-electron chi connectivity index (χ1n) is 11.6. The molecule has 2 heterocycles. The monoisotopic (exact) mass is 361 g/mol. The molecule has 0 radical (unpaired) electrons. The lowest BCUT2D eigenvalue weighted by Crippen LogP contribution is -2.77. The molecule has 1 saturated heterocycles. The molecule has 1 aromatic rings. The Hall–Kier alpha value is -1.30. The van der Waals surface area contributed by atoms with E-state index < -0.39 is 41.9 Å². The highest BCUT2D eigenvalue weighted by Crippen LogP contribution is 2.65. The molecule has 0 unspecified atom stereocenters. The number of rotatable bonds is 3. The number of aliphatic hydroxyl groups is 2. The molecular weight excluding hydrogens is 330 g/mol. The lowest BCUT2D eigenvalue weighted by Gasteiger charge is -2.63. The van der Waals surface area contributed by atoms with Gasteiger partial charge in [0.15, 0.2) is 11.5 Å². The second-order valence-corrected chi connectivity index (χ2v) is 8.48. The summed E-state index contributed by atoms with van der Waals surface area (Å²) in [5.74, 6) is 0.564. The highest BCUT2D eigenvalue weighted by Gasteiger charge is 2.72. The minimum absolute atomic E-state index is 0.260. The van der Waals surface area contributed by atoms with Gasteiger partial charge in [-0.3, -0.25) is 4.90 Å². The maximum Gasteiger partial charge on any atom is 0.166 e. The normalized spacial score (nSPS) is 49.1. The van der Waals surface area contributed by atoms with Crippen LogP contribution in [0.5, 0.6) is 11.5 Å². The zero-order valence-corrected chi connectivity index (χ0v) is 14.9. The number of methoxy groups -OCH3 is 1. The van der Waals surface area contributed by atoms with Crippen LogP contribution in [-0.4, -0.2) is 59.2 Å². The molecule has 2 aliphatic heterocycles. The Morgan fingerprint density at radius 3 is 3.00 bits per heavy atom. The fourth-order valence-corrected chi connectivity index (χ4v) is 6.36. The summed E-state index contributed by atoms with van der Waals surface area (Å²) in [5.41, 5.74) is 0.212. The first kappa shape index (κ1) is 12.2. The summed E-state index contributed by atoms with van der Waals surface area (Å²) in [6.45, 7) is 0.897. The number of hydrogen-bond acceptors (Lipinski definition) is 5. The standard InChI is InChI=1S/C21H27NO4/c1-25-15-5-4-13-10-16-21(24)7-6-14(23)19-20(21,17(13)18(15)26-19)8-9-22(16)11-12-2-3-12/h4-5,12,14,16,19,23-24H,2-3,6-11H2,1H3/t14-,16-,19+,20+,21-/m1/s1/i2D2,3D2. The smallest absolute Gasteiger partial charge is 0.166 e. The lowest BCUT2D eigenvalue weighted by atomic mass is 9.48. The molecule has 6 rings (SSSR count). The molecule has 5 nitrogen and oxygen atoms in total. The molecule has 140 valence electrons. The summed E-state index contributed by atoms with van der Waals surface area (Å²) >= 11 is 0. The highest BCUT2D eigenvalue weighted by molar-refractivity contribution is 5.62. The third-order valence-corrected chi connectivity index (χ3v) is 7.51. The van der Waals surface area contributed by atoms with Crippen molar-refractivity contribution < 1.29 is 25.2 Å². The van der Waals surface area contributed by atoms with Crippen LogP contribution in [0.1, 0.15) is 48.6 Å². The van der Waals surface area contributed by atoms with Crippen LogP contribution in [0.15, 0.2) is 12.1 Å². The van der Waals surface area contributed by atoms with Crippen molar-refractivity contribution in [3.63, 3.8) is 0 Å². The summed E-state index contributed by atoms with van der Waals surface area (Å²) < 4.78 is 43.8. The molecule has 0 amide bonds. The molecule has 3 aliphatic carbocycles. The number of ether oxygens (including phenoxy) is 2. The summed E-state index contributed by atoms with van der Waals surface area (Å²) in [5, 5.41) is 23.0. The van der Waals surface area contributed by atoms with Crippen LogP contribution in [0, 0.1) is 5.92 Å². The van der Waals surface area contributed by atoms with Gasteiger partial charge in [-0.25, -0.2) is 0 Å². The van der Waals surface area contributed by atoms with Crippen molar-refractivity contribution in [1.29, 1.82) is 0 Å². The van der Waals surface area contributed by atoms with Gasteiger partial charge in [-0.1, -0.05) is 6.07 Å². The maximum atomic E-state index is 12.2. The average molecular weight is 361 g/mol. The molecule has 2 saturated carbocycles. The summed E-state index contributed by atoms with van der Waals surface area (Å²) in [6.07, 6.45) is -2.83. The second-order valence-electron chi connectivity index (χ2n) is 8.48. The highest BCUT2D eigenvalue weighted by atomic mass is 16.5. The van der Waals surface area contributed by atoms with E-state index in [-0.39, 0.29) is 12.6 Å². The van der Waals surface area contributed by atoms with Gasteiger partial charge in [0.25, 0.3) is 0 Å². The molecular formula is C21H27NO4. The SMILES string of the molecule is [2H]C1([2H])C(CN2CC[C@]34c5c6ccc(OC)c5O[C@H]3[C@H](O)CC[C@@]4(O)[C@H]2C6)C1([2H])[2H]. The van der Waals surface area contributed by atoms with Crippen molar-refractivity contribution in [2.45, 2.75) is 67.7 Å². The van der Waals surface area contributed by atoms with Crippen molar-refractivity contribution in [3.8, 4) is 11.5 Å².